The van der Waals surface area contributed by atoms with Crippen LogP contribution in [-0.2, 0) is 16.0 Å². The Hall–Kier alpha value is -1.16. The predicted octanol–water partition coefficient (Wildman–Crippen LogP) is 1.98. The van der Waals surface area contributed by atoms with E-state index in [4.69, 9.17) is 0 Å². The van der Waals surface area contributed by atoms with Crippen molar-refractivity contribution < 1.29 is 14.3 Å². The molecule has 0 heterocycles. The molecule has 15 heavy (non-hydrogen) atoms. The summed E-state index contributed by atoms with van der Waals surface area (Å²) in [4.78, 5) is 22.6. The van der Waals surface area contributed by atoms with Crippen molar-refractivity contribution in [2.24, 2.45) is 0 Å². The molecule has 0 radical (unpaired) electrons. The minimum absolute atomic E-state index is 0.0337. The molecule has 0 unspecified atom stereocenters. The standard InChI is InChI=1S/C11H11BrO3/c1-15-11(14)10-5-3-2-4-8(10)6-9(13)7-12/h2-5H,6-7H2,1H3. The Morgan fingerprint density at radius 1 is 1.33 bits per heavy atom. The van der Waals surface area contributed by atoms with Crippen molar-refractivity contribution in [2.75, 3.05) is 12.4 Å². The second kappa shape index (κ2) is 5.66. The van der Waals surface area contributed by atoms with Gasteiger partial charge in [-0.1, -0.05) is 34.1 Å². The Labute approximate surface area is 96.6 Å². The van der Waals surface area contributed by atoms with Crippen molar-refractivity contribution in [3.8, 4) is 0 Å². The number of Topliss-reactive ketones (excluding diaryl/α,β-unsaturated/α-hetero) is 1. The average Bonchev–Trinajstić information content (AvgIpc) is 2.28. The van der Waals surface area contributed by atoms with Crippen LogP contribution in [0.4, 0.5) is 0 Å². The average molecular weight is 271 g/mol. The lowest BCUT2D eigenvalue weighted by molar-refractivity contribution is -0.115. The number of ketones is 1. The van der Waals surface area contributed by atoms with E-state index in [0.717, 1.165) is 0 Å². The lowest BCUT2D eigenvalue weighted by Crippen LogP contribution is -2.10. The normalized spacial score (nSPS) is 9.73. The van der Waals surface area contributed by atoms with Crippen LogP contribution in [0.25, 0.3) is 0 Å². The van der Waals surface area contributed by atoms with E-state index in [2.05, 4.69) is 20.7 Å². The SMILES string of the molecule is COC(=O)c1ccccc1CC(=O)CBr. The fourth-order valence-electron chi connectivity index (χ4n) is 1.24. The third-order valence-electron chi connectivity index (χ3n) is 1.96. The lowest BCUT2D eigenvalue weighted by atomic mass is 10.0. The highest BCUT2D eigenvalue weighted by Crippen LogP contribution is 2.11. The molecular formula is C11H11BrO3. The highest BCUT2D eigenvalue weighted by atomic mass is 79.9. The molecule has 0 saturated carbocycles. The highest BCUT2D eigenvalue weighted by Gasteiger charge is 2.12. The monoisotopic (exact) mass is 270 g/mol. The Balaban J connectivity index is 2.96. The quantitative estimate of drug-likeness (QED) is 0.621. The third-order valence-corrected chi connectivity index (χ3v) is 2.58. The second-order valence-electron chi connectivity index (χ2n) is 3.00. The summed E-state index contributed by atoms with van der Waals surface area (Å²) >= 11 is 3.09. The molecule has 0 spiro atoms. The van der Waals surface area contributed by atoms with Crippen molar-refractivity contribution in [3.63, 3.8) is 0 Å². The maximum atomic E-state index is 11.4. The maximum absolute atomic E-state index is 11.4. The molecule has 3 nitrogen and oxygen atoms in total. The molecule has 4 heteroatoms. The van der Waals surface area contributed by atoms with Gasteiger partial charge < -0.3 is 4.74 Å². The van der Waals surface area contributed by atoms with E-state index in [1.54, 1.807) is 24.3 Å². The van der Waals surface area contributed by atoms with Crippen LogP contribution in [0.1, 0.15) is 15.9 Å². The summed E-state index contributed by atoms with van der Waals surface area (Å²) < 4.78 is 4.63. The minimum Gasteiger partial charge on any atom is -0.465 e. The molecule has 80 valence electrons. The summed E-state index contributed by atoms with van der Waals surface area (Å²) in [5.41, 5.74) is 1.16. The van der Waals surface area contributed by atoms with E-state index >= 15 is 0 Å². The molecule has 0 amide bonds. The molecule has 0 atom stereocenters. The van der Waals surface area contributed by atoms with Crippen molar-refractivity contribution >= 4 is 27.7 Å². The van der Waals surface area contributed by atoms with Crippen LogP contribution in [-0.4, -0.2) is 24.2 Å². The van der Waals surface area contributed by atoms with Gasteiger partial charge in [-0.2, -0.15) is 0 Å². The van der Waals surface area contributed by atoms with E-state index in [1.165, 1.54) is 7.11 Å². The summed E-state index contributed by atoms with van der Waals surface area (Å²) in [6.45, 7) is 0. The number of hydrogen-bond acceptors (Lipinski definition) is 3. The maximum Gasteiger partial charge on any atom is 0.338 e. The summed E-state index contributed by atoms with van der Waals surface area (Å²) in [6.07, 6.45) is 0.247. The molecule has 0 bridgehead atoms. The summed E-state index contributed by atoms with van der Waals surface area (Å²) in [5, 5.41) is 0.294. The molecule has 1 aromatic carbocycles. The zero-order valence-corrected chi connectivity index (χ0v) is 9.91. The van der Waals surface area contributed by atoms with Crippen LogP contribution in [0.3, 0.4) is 0 Å². The number of carbonyl (C=O) groups is 2. The number of halogens is 1. The highest BCUT2D eigenvalue weighted by molar-refractivity contribution is 9.09. The van der Waals surface area contributed by atoms with Gasteiger partial charge in [-0.25, -0.2) is 4.79 Å². The first-order valence-electron chi connectivity index (χ1n) is 4.43. The molecule has 1 rings (SSSR count). The molecule has 0 N–H and O–H groups in total. The van der Waals surface area contributed by atoms with Crippen LogP contribution >= 0.6 is 15.9 Å². The molecule has 0 aromatic heterocycles. The number of carbonyl (C=O) groups excluding carboxylic acids is 2. The van der Waals surface area contributed by atoms with Crippen LogP contribution in [0.15, 0.2) is 24.3 Å². The predicted molar refractivity (Wildman–Crippen MR) is 60.3 cm³/mol. The van der Waals surface area contributed by atoms with Gasteiger partial charge in [0.1, 0.15) is 5.78 Å². The number of hydrogen-bond donors (Lipinski definition) is 0. The number of esters is 1. The van der Waals surface area contributed by atoms with E-state index in [0.29, 0.717) is 16.5 Å². The van der Waals surface area contributed by atoms with E-state index in [-0.39, 0.29) is 12.2 Å². The summed E-state index contributed by atoms with van der Waals surface area (Å²) in [6, 6.07) is 6.95. The smallest absolute Gasteiger partial charge is 0.338 e. The fraction of sp³-hybridized carbons (Fsp3) is 0.273. The Morgan fingerprint density at radius 3 is 2.60 bits per heavy atom. The Bertz CT molecular complexity index is 374. The largest absolute Gasteiger partial charge is 0.465 e. The van der Waals surface area contributed by atoms with E-state index in [9.17, 15) is 9.59 Å². The Morgan fingerprint density at radius 2 is 2.00 bits per heavy atom. The molecule has 0 aliphatic heterocycles. The second-order valence-corrected chi connectivity index (χ2v) is 3.56. The van der Waals surface area contributed by atoms with Gasteiger partial charge in [-0.15, -0.1) is 0 Å². The molecular weight excluding hydrogens is 260 g/mol. The fourth-order valence-corrected chi connectivity index (χ4v) is 1.44. The zero-order valence-electron chi connectivity index (χ0n) is 8.33. The topological polar surface area (TPSA) is 43.4 Å². The van der Waals surface area contributed by atoms with E-state index < -0.39 is 5.97 Å². The van der Waals surface area contributed by atoms with Crippen molar-refractivity contribution in [3.05, 3.63) is 35.4 Å². The van der Waals surface area contributed by atoms with Gasteiger partial charge in [-0.3, -0.25) is 4.79 Å². The van der Waals surface area contributed by atoms with Gasteiger partial charge in [0.15, 0.2) is 0 Å². The van der Waals surface area contributed by atoms with Crippen LogP contribution < -0.4 is 0 Å². The number of alkyl halides is 1. The molecule has 1 aromatic rings. The van der Waals surface area contributed by atoms with Crippen LogP contribution in [0.5, 0.6) is 0 Å². The van der Waals surface area contributed by atoms with Gasteiger partial charge >= 0.3 is 5.97 Å². The van der Waals surface area contributed by atoms with Gasteiger partial charge in [-0.05, 0) is 11.6 Å². The van der Waals surface area contributed by atoms with Crippen LogP contribution in [0, 0.1) is 0 Å². The van der Waals surface area contributed by atoms with Gasteiger partial charge in [0.2, 0.25) is 0 Å². The first-order chi connectivity index (χ1) is 7.19. The van der Waals surface area contributed by atoms with Gasteiger partial charge in [0, 0.05) is 6.42 Å². The number of rotatable bonds is 4. The molecule has 0 aliphatic rings. The van der Waals surface area contributed by atoms with Crippen LogP contribution in [0.2, 0.25) is 0 Å². The van der Waals surface area contributed by atoms with Gasteiger partial charge in [0.05, 0.1) is 18.0 Å². The summed E-state index contributed by atoms with van der Waals surface area (Å²) in [5.74, 6) is -0.376. The first-order valence-corrected chi connectivity index (χ1v) is 5.55. The van der Waals surface area contributed by atoms with Crippen molar-refractivity contribution in [1.82, 2.24) is 0 Å². The zero-order chi connectivity index (χ0) is 11.3. The molecule has 0 aliphatic carbocycles. The minimum atomic E-state index is -0.409. The van der Waals surface area contributed by atoms with E-state index in [1.807, 2.05) is 0 Å². The third kappa shape index (κ3) is 3.16. The number of methoxy groups -OCH3 is 1. The molecule has 0 fully saturated rings. The summed E-state index contributed by atoms with van der Waals surface area (Å²) in [7, 11) is 1.32. The van der Waals surface area contributed by atoms with Gasteiger partial charge in [0.25, 0.3) is 0 Å². The number of benzene rings is 1. The number of ether oxygens (including phenoxy) is 1. The van der Waals surface area contributed by atoms with Crippen molar-refractivity contribution in [2.45, 2.75) is 6.42 Å². The first kappa shape index (κ1) is 11.9. The molecule has 0 saturated heterocycles. The lowest BCUT2D eigenvalue weighted by Gasteiger charge is -2.05. The Kier molecular flexibility index (Phi) is 4.49. The van der Waals surface area contributed by atoms with Crippen molar-refractivity contribution in [1.29, 1.82) is 0 Å².